The largest absolute Gasteiger partial charge is 0.298 e. The number of hydrogen-bond donors (Lipinski definition) is 0. The minimum atomic E-state index is -0.148. The maximum Gasteiger partial charge on any atom is 0.145 e. The van der Waals surface area contributed by atoms with Crippen LogP contribution >= 0.6 is 0 Å². The fraction of sp³-hybridized carbons (Fsp3) is 0.450. The molecular formula is C20H28O. The Labute approximate surface area is 129 Å². The van der Waals surface area contributed by atoms with Crippen LogP contribution < -0.4 is 0 Å². The zero-order valence-electron chi connectivity index (χ0n) is 14.5. The Morgan fingerprint density at radius 3 is 2.14 bits per heavy atom. The minimum Gasteiger partial charge on any atom is -0.298 e. The number of carbonyl (C=O) groups is 1. The second kappa shape index (κ2) is 6.89. The van der Waals surface area contributed by atoms with Gasteiger partial charge in [0.25, 0.3) is 0 Å². The van der Waals surface area contributed by atoms with Crippen LogP contribution in [0.1, 0.15) is 56.4 Å². The predicted molar refractivity (Wildman–Crippen MR) is 91.9 cm³/mol. The number of aryl methyl sites for hydroxylation is 3. The third-order valence-electron chi connectivity index (χ3n) is 4.12. The summed E-state index contributed by atoms with van der Waals surface area (Å²) in [5.41, 5.74) is 7.16. The molecule has 0 aliphatic heterocycles. The van der Waals surface area contributed by atoms with Crippen LogP contribution in [-0.2, 0) is 10.2 Å². The highest BCUT2D eigenvalue weighted by Crippen LogP contribution is 2.35. The van der Waals surface area contributed by atoms with Gasteiger partial charge in [-0.3, -0.25) is 4.79 Å². The van der Waals surface area contributed by atoms with Gasteiger partial charge in [-0.05, 0) is 75.8 Å². The Balaban J connectivity index is 3.46. The van der Waals surface area contributed by atoms with Gasteiger partial charge in [0.05, 0.1) is 0 Å². The number of aldehydes is 1. The van der Waals surface area contributed by atoms with Crippen molar-refractivity contribution in [3.8, 4) is 0 Å². The van der Waals surface area contributed by atoms with Gasteiger partial charge in [-0.1, -0.05) is 36.8 Å². The van der Waals surface area contributed by atoms with Crippen molar-refractivity contribution < 1.29 is 4.79 Å². The van der Waals surface area contributed by atoms with Crippen LogP contribution in [0.2, 0.25) is 0 Å². The van der Waals surface area contributed by atoms with E-state index in [-0.39, 0.29) is 5.41 Å². The van der Waals surface area contributed by atoms with Gasteiger partial charge in [-0.2, -0.15) is 0 Å². The van der Waals surface area contributed by atoms with Gasteiger partial charge < -0.3 is 0 Å². The van der Waals surface area contributed by atoms with Crippen molar-refractivity contribution in [2.75, 3.05) is 0 Å². The highest BCUT2D eigenvalue weighted by molar-refractivity contribution is 5.73. The van der Waals surface area contributed by atoms with Gasteiger partial charge in [0.15, 0.2) is 0 Å². The first kappa shape index (κ1) is 17.4. The van der Waals surface area contributed by atoms with Crippen LogP contribution in [0, 0.1) is 20.8 Å². The molecule has 0 saturated heterocycles. The summed E-state index contributed by atoms with van der Waals surface area (Å²) in [6.45, 7) is 14.8. The Kier molecular flexibility index (Phi) is 5.71. The molecule has 0 saturated carbocycles. The van der Waals surface area contributed by atoms with E-state index in [0.29, 0.717) is 0 Å². The smallest absolute Gasteiger partial charge is 0.145 e. The van der Waals surface area contributed by atoms with Crippen molar-refractivity contribution in [1.82, 2.24) is 0 Å². The second-order valence-electron chi connectivity index (χ2n) is 6.66. The monoisotopic (exact) mass is 284 g/mol. The molecule has 1 unspecified atom stereocenters. The molecule has 1 aromatic rings. The first-order valence-corrected chi connectivity index (χ1v) is 7.56. The summed E-state index contributed by atoms with van der Waals surface area (Å²) in [7, 11) is 0. The fourth-order valence-electron chi connectivity index (χ4n) is 2.78. The summed E-state index contributed by atoms with van der Waals surface area (Å²) < 4.78 is 0. The molecule has 1 nitrogen and oxygen atoms in total. The average Bonchev–Trinajstić information content (AvgIpc) is 2.40. The predicted octanol–water partition coefficient (Wildman–Crippen LogP) is 5.37. The Hall–Kier alpha value is -1.63. The molecule has 114 valence electrons. The quantitative estimate of drug-likeness (QED) is 0.403. The molecule has 21 heavy (non-hydrogen) atoms. The van der Waals surface area contributed by atoms with Crippen LogP contribution in [0.5, 0.6) is 0 Å². The number of rotatable bonds is 5. The van der Waals surface area contributed by atoms with Gasteiger partial charge >= 0.3 is 0 Å². The van der Waals surface area contributed by atoms with E-state index >= 15 is 0 Å². The molecule has 0 radical (unpaired) electrons. The molecule has 0 N–H and O–H groups in total. The van der Waals surface area contributed by atoms with E-state index < -0.39 is 0 Å². The van der Waals surface area contributed by atoms with Crippen LogP contribution in [0.4, 0.5) is 0 Å². The van der Waals surface area contributed by atoms with E-state index in [1.165, 1.54) is 27.8 Å². The molecule has 0 aromatic heterocycles. The number of benzene rings is 1. The zero-order chi connectivity index (χ0) is 16.2. The van der Waals surface area contributed by atoms with Crippen molar-refractivity contribution in [3.05, 3.63) is 57.7 Å². The van der Waals surface area contributed by atoms with Crippen molar-refractivity contribution in [2.24, 2.45) is 0 Å². The summed E-state index contributed by atoms with van der Waals surface area (Å²) in [5.74, 6) is 0. The SMILES string of the molecule is CC(C)=CCC(C)(/C=C(\C)C=O)c1cc(C)c(C)cc1C. The van der Waals surface area contributed by atoms with E-state index in [2.05, 4.69) is 65.8 Å². The third kappa shape index (κ3) is 4.42. The van der Waals surface area contributed by atoms with E-state index in [1.807, 2.05) is 6.92 Å². The molecule has 0 spiro atoms. The summed E-state index contributed by atoms with van der Waals surface area (Å²) in [6, 6.07) is 4.52. The minimum absolute atomic E-state index is 0.148. The van der Waals surface area contributed by atoms with Gasteiger partial charge in [0, 0.05) is 5.41 Å². The van der Waals surface area contributed by atoms with E-state index in [1.54, 1.807) is 0 Å². The molecule has 0 heterocycles. The first-order chi connectivity index (χ1) is 9.69. The lowest BCUT2D eigenvalue weighted by atomic mass is 9.75. The van der Waals surface area contributed by atoms with Crippen LogP contribution in [-0.4, -0.2) is 6.29 Å². The van der Waals surface area contributed by atoms with Crippen molar-refractivity contribution in [3.63, 3.8) is 0 Å². The van der Waals surface area contributed by atoms with Crippen LogP contribution in [0.15, 0.2) is 35.4 Å². The van der Waals surface area contributed by atoms with Gasteiger partial charge in [0.2, 0.25) is 0 Å². The number of hydrogen-bond acceptors (Lipinski definition) is 1. The Morgan fingerprint density at radius 2 is 1.62 bits per heavy atom. The summed E-state index contributed by atoms with van der Waals surface area (Å²) in [4.78, 5) is 11.1. The van der Waals surface area contributed by atoms with Crippen LogP contribution in [0.25, 0.3) is 0 Å². The van der Waals surface area contributed by atoms with Gasteiger partial charge in [0.1, 0.15) is 6.29 Å². The lowest BCUT2D eigenvalue weighted by Crippen LogP contribution is -2.21. The zero-order valence-corrected chi connectivity index (χ0v) is 14.5. The highest BCUT2D eigenvalue weighted by Gasteiger charge is 2.25. The third-order valence-corrected chi connectivity index (χ3v) is 4.12. The lowest BCUT2D eigenvalue weighted by Gasteiger charge is -2.29. The Bertz CT molecular complexity index is 586. The molecule has 0 amide bonds. The summed E-state index contributed by atoms with van der Waals surface area (Å²) in [6.07, 6.45) is 6.21. The number of carbonyl (C=O) groups excluding carboxylic acids is 1. The van der Waals surface area contributed by atoms with Crippen molar-refractivity contribution in [2.45, 2.75) is 60.3 Å². The molecule has 0 bridgehead atoms. The average molecular weight is 284 g/mol. The van der Waals surface area contributed by atoms with E-state index in [0.717, 1.165) is 18.3 Å². The number of allylic oxidation sites excluding steroid dienone is 4. The van der Waals surface area contributed by atoms with Crippen molar-refractivity contribution >= 4 is 6.29 Å². The normalized spacial score (nSPS) is 14.5. The molecule has 1 heteroatoms. The molecular weight excluding hydrogens is 256 g/mol. The molecule has 1 atom stereocenters. The molecule has 1 rings (SSSR count). The van der Waals surface area contributed by atoms with Crippen LogP contribution in [0.3, 0.4) is 0 Å². The fourth-order valence-corrected chi connectivity index (χ4v) is 2.78. The van der Waals surface area contributed by atoms with Gasteiger partial charge in [-0.15, -0.1) is 0 Å². The van der Waals surface area contributed by atoms with E-state index in [9.17, 15) is 4.79 Å². The summed E-state index contributed by atoms with van der Waals surface area (Å²) >= 11 is 0. The summed E-state index contributed by atoms with van der Waals surface area (Å²) in [5, 5.41) is 0. The molecule has 0 aliphatic carbocycles. The first-order valence-electron chi connectivity index (χ1n) is 7.56. The van der Waals surface area contributed by atoms with E-state index in [4.69, 9.17) is 0 Å². The Morgan fingerprint density at radius 1 is 1.05 bits per heavy atom. The maximum atomic E-state index is 11.1. The molecule has 0 aliphatic rings. The van der Waals surface area contributed by atoms with Gasteiger partial charge in [-0.25, -0.2) is 0 Å². The maximum absolute atomic E-state index is 11.1. The second-order valence-corrected chi connectivity index (χ2v) is 6.66. The standard InChI is InChI=1S/C20H28O/c1-14(2)8-9-20(7,12-15(3)13-21)19-11-17(5)16(4)10-18(19)6/h8,10-13H,9H2,1-7H3/b15-12+. The highest BCUT2D eigenvalue weighted by atomic mass is 16.1. The van der Waals surface area contributed by atoms with Crippen molar-refractivity contribution in [1.29, 1.82) is 0 Å². The molecule has 0 fully saturated rings. The molecule has 1 aromatic carbocycles. The lowest BCUT2D eigenvalue weighted by molar-refractivity contribution is -0.104. The topological polar surface area (TPSA) is 17.1 Å².